The summed E-state index contributed by atoms with van der Waals surface area (Å²) in [5, 5.41) is 2.94. The van der Waals surface area contributed by atoms with Crippen LogP contribution in [0, 0.1) is 0 Å². The van der Waals surface area contributed by atoms with E-state index in [0.29, 0.717) is 0 Å². The molecule has 1 fully saturated rings. The van der Waals surface area contributed by atoms with Crippen molar-refractivity contribution in [2.75, 3.05) is 29.9 Å². The maximum absolute atomic E-state index is 12.1. The van der Waals surface area contributed by atoms with Crippen molar-refractivity contribution in [3.8, 4) is 0 Å². The fourth-order valence-electron chi connectivity index (χ4n) is 2.02. The van der Waals surface area contributed by atoms with Gasteiger partial charge in [0.25, 0.3) is 0 Å². The highest BCUT2D eigenvalue weighted by Gasteiger charge is 2.15. The molecule has 1 saturated heterocycles. The highest BCUT2D eigenvalue weighted by molar-refractivity contribution is 7.99. The number of thioether (sulfide) groups is 1. The van der Waals surface area contributed by atoms with Gasteiger partial charge in [-0.1, -0.05) is 12.1 Å². The molecule has 0 bridgehead atoms. The van der Waals surface area contributed by atoms with Crippen molar-refractivity contribution < 1.29 is 4.79 Å². The van der Waals surface area contributed by atoms with E-state index in [0.717, 1.165) is 42.3 Å². The molecule has 19 heavy (non-hydrogen) atoms. The lowest BCUT2D eigenvalue weighted by Gasteiger charge is -2.20. The molecule has 0 saturated carbocycles. The predicted molar refractivity (Wildman–Crippen MR) is 81.6 cm³/mol. The first kappa shape index (κ1) is 14.2. The van der Waals surface area contributed by atoms with Crippen LogP contribution in [-0.4, -0.2) is 35.5 Å². The first-order valence-corrected chi connectivity index (χ1v) is 7.81. The molecule has 104 valence electrons. The number of carbonyl (C=O) groups is 1. The third-order valence-electron chi connectivity index (χ3n) is 3.20. The molecule has 2 rings (SSSR count). The summed E-state index contributed by atoms with van der Waals surface area (Å²) in [5.41, 5.74) is 7.70. The summed E-state index contributed by atoms with van der Waals surface area (Å²) < 4.78 is 0. The van der Waals surface area contributed by atoms with Crippen molar-refractivity contribution in [1.29, 1.82) is 0 Å². The minimum atomic E-state index is -0.00366. The van der Waals surface area contributed by atoms with Crippen molar-refractivity contribution in [3.05, 3.63) is 29.8 Å². The van der Waals surface area contributed by atoms with Crippen LogP contribution < -0.4 is 11.1 Å². The number of nitrogens with one attached hydrogen (secondary N) is 1. The molecular formula is C14H21N3OS. The minimum absolute atomic E-state index is 0.00366. The molecule has 0 spiro atoms. The van der Waals surface area contributed by atoms with E-state index in [4.69, 9.17) is 5.73 Å². The summed E-state index contributed by atoms with van der Waals surface area (Å²) in [7, 11) is 0. The molecule has 1 heterocycles. The smallest absolute Gasteiger partial charge is 0.321 e. The van der Waals surface area contributed by atoms with Crippen molar-refractivity contribution in [1.82, 2.24) is 4.90 Å². The monoisotopic (exact) mass is 279 g/mol. The van der Waals surface area contributed by atoms with Gasteiger partial charge in [0.2, 0.25) is 0 Å². The van der Waals surface area contributed by atoms with Crippen LogP contribution in [-0.2, 0) is 0 Å². The van der Waals surface area contributed by atoms with Gasteiger partial charge in [-0.25, -0.2) is 4.79 Å². The van der Waals surface area contributed by atoms with E-state index in [1.54, 1.807) is 0 Å². The fraction of sp³-hybridized carbons (Fsp3) is 0.500. The fourth-order valence-corrected chi connectivity index (χ4v) is 2.91. The molecular weight excluding hydrogens is 258 g/mol. The number of hydrogen-bond acceptors (Lipinski definition) is 3. The molecule has 1 aromatic rings. The van der Waals surface area contributed by atoms with Crippen molar-refractivity contribution in [3.63, 3.8) is 0 Å². The molecule has 0 aliphatic carbocycles. The number of anilines is 1. The van der Waals surface area contributed by atoms with Gasteiger partial charge < -0.3 is 16.0 Å². The largest absolute Gasteiger partial charge is 0.324 e. The van der Waals surface area contributed by atoms with Crippen LogP contribution >= 0.6 is 11.8 Å². The summed E-state index contributed by atoms with van der Waals surface area (Å²) in [6.07, 6.45) is 1.07. The van der Waals surface area contributed by atoms with Crippen LogP contribution in [0.1, 0.15) is 24.9 Å². The van der Waals surface area contributed by atoms with Crippen LogP contribution in [0.25, 0.3) is 0 Å². The molecule has 0 radical (unpaired) electrons. The highest BCUT2D eigenvalue weighted by atomic mass is 32.2. The summed E-state index contributed by atoms with van der Waals surface area (Å²) >= 11 is 1.91. The maximum Gasteiger partial charge on any atom is 0.321 e. The molecule has 1 atom stereocenters. The first-order valence-electron chi connectivity index (χ1n) is 6.66. The zero-order valence-corrected chi connectivity index (χ0v) is 12.1. The number of rotatable bonds is 2. The minimum Gasteiger partial charge on any atom is -0.324 e. The van der Waals surface area contributed by atoms with Crippen LogP contribution in [0.2, 0.25) is 0 Å². The van der Waals surface area contributed by atoms with E-state index in [1.807, 2.05) is 47.9 Å². The van der Waals surface area contributed by atoms with E-state index < -0.39 is 0 Å². The van der Waals surface area contributed by atoms with Crippen LogP contribution in [0.4, 0.5) is 10.5 Å². The second-order valence-electron chi connectivity index (χ2n) is 4.79. The average Bonchev–Trinajstić information content (AvgIpc) is 2.68. The Bertz CT molecular complexity index is 411. The van der Waals surface area contributed by atoms with Gasteiger partial charge in [-0.05, 0) is 36.8 Å². The zero-order chi connectivity index (χ0) is 13.7. The lowest BCUT2D eigenvalue weighted by Crippen LogP contribution is -2.36. The maximum atomic E-state index is 12.1. The van der Waals surface area contributed by atoms with Gasteiger partial charge in [0.15, 0.2) is 0 Å². The van der Waals surface area contributed by atoms with Crippen molar-refractivity contribution >= 4 is 23.5 Å². The SMILES string of the molecule is CC(N)c1ccc(NC(=O)N2CCCSCC2)cc1. The Kier molecular flexibility index (Phi) is 5.10. The highest BCUT2D eigenvalue weighted by Crippen LogP contribution is 2.16. The van der Waals surface area contributed by atoms with E-state index in [1.165, 1.54) is 0 Å². The Hall–Kier alpha value is -1.20. The lowest BCUT2D eigenvalue weighted by molar-refractivity contribution is 0.216. The third kappa shape index (κ3) is 4.14. The van der Waals surface area contributed by atoms with Crippen LogP contribution in [0.15, 0.2) is 24.3 Å². The number of urea groups is 1. The molecule has 1 aliphatic rings. The number of amides is 2. The Morgan fingerprint density at radius 1 is 1.32 bits per heavy atom. The summed E-state index contributed by atoms with van der Waals surface area (Å²) in [6.45, 7) is 3.62. The molecule has 0 aromatic heterocycles. The number of carbonyl (C=O) groups excluding carboxylic acids is 1. The first-order chi connectivity index (χ1) is 9.16. The van der Waals surface area contributed by atoms with Crippen LogP contribution in [0.3, 0.4) is 0 Å². The molecule has 5 heteroatoms. The summed E-state index contributed by atoms with van der Waals surface area (Å²) in [5.74, 6) is 2.17. The topological polar surface area (TPSA) is 58.4 Å². The number of hydrogen-bond donors (Lipinski definition) is 2. The number of nitrogens with two attached hydrogens (primary N) is 1. The lowest BCUT2D eigenvalue weighted by atomic mass is 10.1. The second kappa shape index (κ2) is 6.82. The Labute approximate surface area is 118 Å². The van der Waals surface area contributed by atoms with Gasteiger partial charge in [-0.3, -0.25) is 0 Å². The predicted octanol–water partition coefficient (Wildman–Crippen LogP) is 2.68. The molecule has 1 aromatic carbocycles. The Morgan fingerprint density at radius 3 is 2.74 bits per heavy atom. The third-order valence-corrected chi connectivity index (χ3v) is 4.25. The average molecular weight is 279 g/mol. The molecule has 1 unspecified atom stereocenters. The standard InChI is InChI=1S/C14H21N3OS/c1-11(15)12-3-5-13(6-4-12)16-14(18)17-7-2-9-19-10-8-17/h3-6,11H,2,7-10,15H2,1H3,(H,16,18). The Morgan fingerprint density at radius 2 is 2.05 bits per heavy atom. The van der Waals surface area contributed by atoms with Gasteiger partial charge in [-0.2, -0.15) is 11.8 Å². The van der Waals surface area contributed by atoms with Crippen molar-refractivity contribution in [2.45, 2.75) is 19.4 Å². The molecule has 1 aliphatic heterocycles. The summed E-state index contributed by atoms with van der Waals surface area (Å²) in [6, 6.07) is 7.74. The molecule has 2 amide bonds. The molecule has 4 nitrogen and oxygen atoms in total. The normalized spacial score (nSPS) is 17.7. The van der Waals surface area contributed by atoms with E-state index >= 15 is 0 Å². The van der Waals surface area contributed by atoms with Gasteiger partial charge in [0.05, 0.1) is 0 Å². The van der Waals surface area contributed by atoms with Gasteiger partial charge in [0.1, 0.15) is 0 Å². The van der Waals surface area contributed by atoms with E-state index in [-0.39, 0.29) is 12.1 Å². The number of benzene rings is 1. The van der Waals surface area contributed by atoms with Gasteiger partial charge in [0, 0.05) is 30.6 Å². The van der Waals surface area contributed by atoms with E-state index in [2.05, 4.69) is 5.32 Å². The van der Waals surface area contributed by atoms with Gasteiger partial charge in [-0.15, -0.1) is 0 Å². The van der Waals surface area contributed by atoms with Gasteiger partial charge >= 0.3 is 6.03 Å². The number of nitrogens with zero attached hydrogens (tertiary/aromatic N) is 1. The molecule has 3 N–H and O–H groups in total. The summed E-state index contributed by atoms with van der Waals surface area (Å²) in [4.78, 5) is 14.0. The second-order valence-corrected chi connectivity index (χ2v) is 6.02. The van der Waals surface area contributed by atoms with E-state index in [9.17, 15) is 4.79 Å². The van der Waals surface area contributed by atoms with Crippen molar-refractivity contribution in [2.24, 2.45) is 5.73 Å². The quantitative estimate of drug-likeness (QED) is 0.875. The van der Waals surface area contributed by atoms with Crippen LogP contribution in [0.5, 0.6) is 0 Å². The zero-order valence-electron chi connectivity index (χ0n) is 11.3. The Balaban J connectivity index is 1.94.